The Morgan fingerprint density at radius 1 is 1.16 bits per heavy atom. The molecule has 2 atom stereocenters. The van der Waals surface area contributed by atoms with E-state index in [0.717, 1.165) is 57.4 Å². The highest BCUT2D eigenvalue weighted by atomic mass is 35.5. The van der Waals surface area contributed by atoms with Crippen molar-refractivity contribution in [3.8, 4) is 5.75 Å². The quantitative estimate of drug-likeness (QED) is 0.888. The van der Waals surface area contributed by atoms with Gasteiger partial charge in [-0.15, -0.1) is 12.4 Å². The molecule has 1 aliphatic heterocycles. The maximum Gasteiger partial charge on any atom is 0.225 e. The second-order valence-electron chi connectivity index (χ2n) is 7.54. The topological polar surface area (TPSA) is 55.6 Å². The number of piperidine rings is 1. The van der Waals surface area contributed by atoms with Crippen molar-refractivity contribution in [2.45, 2.75) is 64.5 Å². The van der Waals surface area contributed by atoms with E-state index in [2.05, 4.69) is 32.0 Å². The van der Waals surface area contributed by atoms with Gasteiger partial charge in [0.2, 0.25) is 5.91 Å². The van der Waals surface area contributed by atoms with Crippen LogP contribution in [0.2, 0.25) is 0 Å². The van der Waals surface area contributed by atoms with E-state index < -0.39 is 0 Å². The monoisotopic (exact) mass is 366 g/mol. The predicted molar refractivity (Wildman–Crippen MR) is 103 cm³/mol. The molecule has 25 heavy (non-hydrogen) atoms. The van der Waals surface area contributed by atoms with Crippen LogP contribution in [0.1, 0.15) is 49.7 Å². The Morgan fingerprint density at radius 3 is 2.56 bits per heavy atom. The van der Waals surface area contributed by atoms with E-state index in [0.29, 0.717) is 5.91 Å². The molecule has 1 saturated carbocycles. The normalized spacial score (nSPS) is 24.5. The molecular formula is C20H31ClN2O2. The van der Waals surface area contributed by atoms with Gasteiger partial charge in [-0.05, 0) is 50.3 Å². The maximum atomic E-state index is 12.7. The first kappa shape index (κ1) is 20.1. The van der Waals surface area contributed by atoms with E-state index >= 15 is 0 Å². The van der Waals surface area contributed by atoms with Crippen molar-refractivity contribution in [1.82, 2.24) is 4.90 Å². The molecule has 0 aromatic heterocycles. The first-order chi connectivity index (χ1) is 11.5. The molecule has 4 nitrogen and oxygen atoms in total. The molecular weight excluding hydrogens is 336 g/mol. The van der Waals surface area contributed by atoms with Crippen LogP contribution in [0.25, 0.3) is 0 Å². The molecule has 1 saturated heterocycles. The molecule has 5 heteroatoms. The van der Waals surface area contributed by atoms with Gasteiger partial charge in [0.25, 0.3) is 0 Å². The Kier molecular flexibility index (Phi) is 7.14. The molecule has 0 bridgehead atoms. The summed E-state index contributed by atoms with van der Waals surface area (Å²) in [5.41, 5.74) is 8.43. The number of benzene rings is 1. The zero-order valence-corrected chi connectivity index (χ0v) is 16.2. The highest BCUT2D eigenvalue weighted by Gasteiger charge is 2.31. The third kappa shape index (κ3) is 5.11. The van der Waals surface area contributed by atoms with E-state index in [4.69, 9.17) is 10.5 Å². The average Bonchev–Trinajstić information content (AvgIpc) is 2.58. The molecule has 1 heterocycles. The molecule has 0 spiro atoms. The number of rotatable bonds is 3. The van der Waals surface area contributed by atoms with Gasteiger partial charge < -0.3 is 15.4 Å². The van der Waals surface area contributed by atoms with Crippen LogP contribution in [0.4, 0.5) is 0 Å². The van der Waals surface area contributed by atoms with Crippen molar-refractivity contribution >= 4 is 18.3 Å². The lowest BCUT2D eigenvalue weighted by Crippen LogP contribution is -2.46. The number of hydrogen-bond acceptors (Lipinski definition) is 3. The maximum absolute atomic E-state index is 12.7. The number of nitrogens with zero attached hydrogens (tertiary/aromatic N) is 1. The molecule has 2 aliphatic rings. The zero-order valence-electron chi connectivity index (χ0n) is 15.4. The molecule has 2 unspecified atom stereocenters. The van der Waals surface area contributed by atoms with Gasteiger partial charge in [0.15, 0.2) is 0 Å². The minimum atomic E-state index is 0. The minimum absolute atomic E-state index is 0. The Bertz CT molecular complexity index is 585. The van der Waals surface area contributed by atoms with Gasteiger partial charge in [0.05, 0.1) is 0 Å². The van der Waals surface area contributed by atoms with Crippen LogP contribution >= 0.6 is 12.4 Å². The second-order valence-corrected chi connectivity index (χ2v) is 7.54. The number of aryl methyl sites for hydroxylation is 2. The SMILES string of the molecule is Cc1ccc(C)c(OC2CCN(C(=O)C3CCCC(N)C3)CC2)c1.Cl. The smallest absolute Gasteiger partial charge is 0.225 e. The number of carbonyl (C=O) groups is 1. The summed E-state index contributed by atoms with van der Waals surface area (Å²) in [6.07, 6.45) is 6.06. The van der Waals surface area contributed by atoms with Crippen LogP contribution in [-0.4, -0.2) is 36.0 Å². The molecule has 3 rings (SSSR count). The second kappa shape index (κ2) is 8.91. The van der Waals surface area contributed by atoms with Gasteiger partial charge in [-0.25, -0.2) is 0 Å². The van der Waals surface area contributed by atoms with Crippen LogP contribution < -0.4 is 10.5 Å². The van der Waals surface area contributed by atoms with Crippen molar-refractivity contribution in [3.05, 3.63) is 29.3 Å². The summed E-state index contributed by atoms with van der Waals surface area (Å²) >= 11 is 0. The number of amides is 1. The average molecular weight is 367 g/mol. The Balaban J connectivity index is 0.00000225. The molecule has 1 aromatic rings. The Hall–Kier alpha value is -1.26. The lowest BCUT2D eigenvalue weighted by Gasteiger charge is -2.36. The summed E-state index contributed by atoms with van der Waals surface area (Å²) in [5.74, 6) is 1.44. The first-order valence-electron chi connectivity index (χ1n) is 9.31. The number of halogens is 1. The van der Waals surface area contributed by atoms with Crippen molar-refractivity contribution in [3.63, 3.8) is 0 Å². The first-order valence-corrected chi connectivity index (χ1v) is 9.31. The third-order valence-electron chi connectivity index (χ3n) is 5.45. The van der Waals surface area contributed by atoms with Gasteiger partial charge in [-0.2, -0.15) is 0 Å². The van der Waals surface area contributed by atoms with Crippen LogP contribution in [0.15, 0.2) is 18.2 Å². The van der Waals surface area contributed by atoms with Crippen molar-refractivity contribution in [2.75, 3.05) is 13.1 Å². The molecule has 1 aromatic carbocycles. The number of ether oxygens (including phenoxy) is 1. The van der Waals surface area contributed by atoms with E-state index in [1.165, 1.54) is 11.1 Å². The summed E-state index contributed by atoms with van der Waals surface area (Å²) in [6.45, 7) is 5.78. The fourth-order valence-corrected chi connectivity index (χ4v) is 3.92. The molecule has 0 radical (unpaired) electrons. The third-order valence-corrected chi connectivity index (χ3v) is 5.45. The summed E-state index contributed by atoms with van der Waals surface area (Å²) < 4.78 is 6.20. The number of carbonyl (C=O) groups excluding carboxylic acids is 1. The Labute approximate surface area is 157 Å². The van der Waals surface area contributed by atoms with E-state index in [-0.39, 0.29) is 30.5 Å². The largest absolute Gasteiger partial charge is 0.490 e. The molecule has 1 amide bonds. The summed E-state index contributed by atoms with van der Waals surface area (Å²) in [7, 11) is 0. The highest BCUT2D eigenvalue weighted by Crippen LogP contribution is 2.28. The van der Waals surface area contributed by atoms with Gasteiger partial charge in [-0.3, -0.25) is 4.79 Å². The van der Waals surface area contributed by atoms with Crippen LogP contribution in [0, 0.1) is 19.8 Å². The lowest BCUT2D eigenvalue weighted by atomic mass is 9.85. The van der Waals surface area contributed by atoms with Gasteiger partial charge in [-0.1, -0.05) is 18.6 Å². The molecule has 140 valence electrons. The van der Waals surface area contributed by atoms with Crippen LogP contribution in [0.3, 0.4) is 0 Å². The van der Waals surface area contributed by atoms with Gasteiger partial charge in [0.1, 0.15) is 11.9 Å². The molecule has 2 N–H and O–H groups in total. The van der Waals surface area contributed by atoms with E-state index in [1.807, 2.05) is 4.90 Å². The molecule has 1 aliphatic carbocycles. The minimum Gasteiger partial charge on any atom is -0.490 e. The van der Waals surface area contributed by atoms with Crippen molar-refractivity contribution < 1.29 is 9.53 Å². The lowest BCUT2D eigenvalue weighted by molar-refractivity contribution is -0.138. The Morgan fingerprint density at radius 2 is 1.88 bits per heavy atom. The fourth-order valence-electron chi connectivity index (χ4n) is 3.92. The van der Waals surface area contributed by atoms with Crippen molar-refractivity contribution in [1.29, 1.82) is 0 Å². The van der Waals surface area contributed by atoms with Gasteiger partial charge >= 0.3 is 0 Å². The van der Waals surface area contributed by atoms with E-state index in [9.17, 15) is 4.79 Å². The number of likely N-dealkylation sites (tertiary alicyclic amines) is 1. The fraction of sp³-hybridized carbons (Fsp3) is 0.650. The predicted octanol–water partition coefficient (Wildman–Crippen LogP) is 3.61. The summed E-state index contributed by atoms with van der Waals surface area (Å²) in [6, 6.07) is 6.53. The zero-order chi connectivity index (χ0) is 17.1. The number of nitrogens with two attached hydrogens (primary N) is 1. The van der Waals surface area contributed by atoms with Crippen molar-refractivity contribution in [2.24, 2.45) is 11.7 Å². The van der Waals surface area contributed by atoms with Gasteiger partial charge in [0, 0.05) is 37.9 Å². The van der Waals surface area contributed by atoms with Crippen LogP contribution in [-0.2, 0) is 4.79 Å². The van der Waals surface area contributed by atoms with Crippen LogP contribution in [0.5, 0.6) is 5.75 Å². The molecule has 2 fully saturated rings. The summed E-state index contributed by atoms with van der Waals surface area (Å²) in [5, 5.41) is 0. The highest BCUT2D eigenvalue weighted by molar-refractivity contribution is 5.85. The summed E-state index contributed by atoms with van der Waals surface area (Å²) in [4.78, 5) is 14.7. The number of hydrogen-bond donors (Lipinski definition) is 1. The van der Waals surface area contributed by atoms with E-state index in [1.54, 1.807) is 0 Å². The standard InChI is InChI=1S/C20H30N2O2.ClH/c1-14-6-7-15(2)19(12-14)24-18-8-10-22(11-9-18)20(23)16-4-3-5-17(21)13-16;/h6-7,12,16-18H,3-5,8-11,13,21H2,1-2H3;1H.